The molecule has 0 heterocycles. The van der Waals surface area contributed by atoms with E-state index in [1.165, 1.54) is 12.1 Å². The molecule has 0 fully saturated rings. The first-order valence-corrected chi connectivity index (χ1v) is 13.4. The smallest absolute Gasteiger partial charge is 0.504 e. The summed E-state index contributed by atoms with van der Waals surface area (Å²) in [5, 5.41) is 23.1. The van der Waals surface area contributed by atoms with Gasteiger partial charge < -0.3 is 34.5 Å². The molecule has 4 rings (SSSR count). The molecule has 0 bridgehead atoms. The minimum Gasteiger partial charge on any atom is -0.504 e. The van der Waals surface area contributed by atoms with Crippen LogP contribution in [-0.2, 0) is 45.2 Å². The van der Waals surface area contributed by atoms with Gasteiger partial charge in [-0.15, -0.1) is 0 Å². The molecule has 0 aliphatic carbocycles. The molecule has 3 N–H and O–H groups in total. The van der Waals surface area contributed by atoms with Gasteiger partial charge in [0, 0.05) is 6.42 Å². The van der Waals surface area contributed by atoms with Crippen molar-refractivity contribution in [1.29, 1.82) is 0 Å². The van der Waals surface area contributed by atoms with Gasteiger partial charge in [-0.1, -0.05) is 97.1 Å². The zero-order valence-electron chi connectivity index (χ0n) is 23.4. The van der Waals surface area contributed by atoms with Crippen LogP contribution < -0.4 is 10.1 Å². The second kappa shape index (κ2) is 15.4. The summed E-state index contributed by atoms with van der Waals surface area (Å²) in [6, 6.07) is 27.3. The predicted molar refractivity (Wildman–Crippen MR) is 156 cm³/mol. The van der Waals surface area contributed by atoms with Crippen molar-refractivity contribution in [3.05, 3.63) is 131 Å². The maximum absolute atomic E-state index is 13.2. The number of hydrogen-bond acceptors (Lipinski definition) is 9. The largest absolute Gasteiger partial charge is 0.514 e. The lowest BCUT2D eigenvalue weighted by Gasteiger charge is -2.18. The number of carbonyl (C=O) groups excluding carboxylic acids is 3. The van der Waals surface area contributed by atoms with Gasteiger partial charge in [0.2, 0.25) is 0 Å². The number of rotatable bonds is 12. The summed E-state index contributed by atoms with van der Waals surface area (Å²) in [5.74, 6) is -3.62. The van der Waals surface area contributed by atoms with Crippen LogP contribution in [0.4, 0.5) is 9.59 Å². The minimum absolute atomic E-state index is 0.00123. The van der Waals surface area contributed by atoms with Gasteiger partial charge in [-0.05, 0) is 28.3 Å². The standard InChI is InChI=1S/C33H29NO10/c35-29-27(44-33(40)43-21-24-14-8-3-9-15-24)17-16-25(28(29)31(38)41-19-22-10-4-1-5-11-22)18-26(30(36)37)34-32(39)42-20-23-12-6-2-7-13-23/h1-17,26,35H,18-21H2,(H,34,39)(H,36,37)/t26-/m0/s1. The molecule has 0 unspecified atom stereocenters. The molecule has 0 saturated carbocycles. The molecule has 0 spiro atoms. The molecule has 4 aromatic carbocycles. The van der Waals surface area contributed by atoms with Gasteiger partial charge in [0.15, 0.2) is 11.5 Å². The van der Waals surface area contributed by atoms with Crippen LogP contribution in [0.1, 0.15) is 32.6 Å². The van der Waals surface area contributed by atoms with E-state index in [0.717, 1.165) is 0 Å². The molecule has 226 valence electrons. The van der Waals surface area contributed by atoms with E-state index in [0.29, 0.717) is 16.7 Å². The molecule has 44 heavy (non-hydrogen) atoms. The molecule has 0 saturated heterocycles. The van der Waals surface area contributed by atoms with Gasteiger partial charge in [-0.2, -0.15) is 0 Å². The molecule has 0 aliphatic rings. The number of phenolic OH excluding ortho intramolecular Hbond substituents is 1. The van der Waals surface area contributed by atoms with E-state index < -0.39 is 53.7 Å². The quantitative estimate of drug-likeness (QED) is 0.110. The second-order valence-corrected chi connectivity index (χ2v) is 9.44. The number of hydrogen-bond donors (Lipinski definition) is 3. The Labute approximate surface area is 252 Å². The molecule has 11 nitrogen and oxygen atoms in total. The number of amides is 1. The lowest BCUT2D eigenvalue weighted by molar-refractivity contribution is -0.139. The molecule has 1 amide bonds. The maximum Gasteiger partial charge on any atom is 0.514 e. The van der Waals surface area contributed by atoms with Crippen LogP contribution in [-0.4, -0.2) is 40.4 Å². The van der Waals surface area contributed by atoms with Crippen molar-refractivity contribution in [2.24, 2.45) is 0 Å². The fraction of sp³-hybridized carbons (Fsp3) is 0.152. The van der Waals surface area contributed by atoms with E-state index >= 15 is 0 Å². The molecule has 0 aromatic heterocycles. The molecule has 11 heteroatoms. The van der Waals surface area contributed by atoms with Gasteiger partial charge in [-0.3, -0.25) is 0 Å². The zero-order chi connectivity index (χ0) is 31.3. The highest BCUT2D eigenvalue weighted by atomic mass is 16.7. The Bertz CT molecular complexity index is 1580. The van der Waals surface area contributed by atoms with Crippen LogP contribution in [0.5, 0.6) is 11.5 Å². The van der Waals surface area contributed by atoms with Crippen molar-refractivity contribution in [2.45, 2.75) is 32.3 Å². The van der Waals surface area contributed by atoms with Crippen LogP contribution in [0.25, 0.3) is 0 Å². The Morgan fingerprint density at radius 3 is 1.68 bits per heavy atom. The van der Waals surface area contributed by atoms with Crippen LogP contribution >= 0.6 is 0 Å². The fourth-order valence-electron chi connectivity index (χ4n) is 4.05. The SMILES string of the molecule is O=C(N[C@@H](Cc1ccc(OC(=O)OCc2ccccc2)c(O)c1C(=O)OCc1ccccc1)C(=O)O)OCc1ccccc1. The summed E-state index contributed by atoms with van der Waals surface area (Å²) in [7, 11) is 0. The monoisotopic (exact) mass is 599 g/mol. The fourth-order valence-corrected chi connectivity index (χ4v) is 4.05. The Kier molecular flexibility index (Phi) is 10.9. The highest BCUT2D eigenvalue weighted by molar-refractivity contribution is 5.96. The summed E-state index contributed by atoms with van der Waals surface area (Å²) in [6.07, 6.45) is -2.59. The number of benzene rings is 4. The van der Waals surface area contributed by atoms with Gasteiger partial charge in [0.05, 0.1) is 0 Å². The number of carboxylic acid groups (broad SMARTS) is 1. The van der Waals surface area contributed by atoms with Crippen molar-refractivity contribution in [1.82, 2.24) is 5.32 Å². The highest BCUT2D eigenvalue weighted by Crippen LogP contribution is 2.34. The van der Waals surface area contributed by atoms with Crippen LogP contribution in [0.15, 0.2) is 103 Å². The Morgan fingerprint density at radius 2 is 1.16 bits per heavy atom. The summed E-state index contributed by atoms with van der Waals surface area (Å²) < 4.78 is 20.7. The summed E-state index contributed by atoms with van der Waals surface area (Å²) in [4.78, 5) is 50.0. The number of ether oxygens (including phenoxy) is 4. The molecular weight excluding hydrogens is 570 g/mol. The number of carboxylic acids is 1. The third kappa shape index (κ3) is 9.08. The van der Waals surface area contributed by atoms with E-state index in [4.69, 9.17) is 18.9 Å². The normalized spacial score (nSPS) is 11.1. The van der Waals surface area contributed by atoms with Gasteiger partial charge in [-0.25, -0.2) is 19.2 Å². The van der Waals surface area contributed by atoms with Gasteiger partial charge in [0.25, 0.3) is 0 Å². The Balaban J connectivity index is 1.52. The van der Waals surface area contributed by atoms with E-state index in [1.807, 2.05) is 0 Å². The van der Waals surface area contributed by atoms with Crippen molar-refractivity contribution >= 4 is 24.2 Å². The minimum atomic E-state index is -1.55. The third-order valence-corrected chi connectivity index (χ3v) is 6.26. The number of nitrogens with one attached hydrogen (secondary N) is 1. The van der Waals surface area contributed by atoms with Crippen molar-refractivity contribution in [3.63, 3.8) is 0 Å². The first-order chi connectivity index (χ1) is 21.3. The number of alkyl carbamates (subject to hydrolysis) is 1. The Hall–Kier alpha value is -5.84. The van der Waals surface area contributed by atoms with E-state index in [1.54, 1.807) is 91.0 Å². The lowest BCUT2D eigenvalue weighted by atomic mass is 9.98. The summed E-state index contributed by atoms with van der Waals surface area (Å²) in [5.41, 5.74) is 1.61. The van der Waals surface area contributed by atoms with Crippen molar-refractivity contribution in [2.75, 3.05) is 0 Å². The van der Waals surface area contributed by atoms with Gasteiger partial charge >= 0.3 is 24.2 Å². The third-order valence-electron chi connectivity index (χ3n) is 6.26. The van der Waals surface area contributed by atoms with Crippen molar-refractivity contribution in [3.8, 4) is 11.5 Å². The van der Waals surface area contributed by atoms with Crippen LogP contribution in [0.3, 0.4) is 0 Å². The average Bonchev–Trinajstić information content (AvgIpc) is 3.04. The van der Waals surface area contributed by atoms with Crippen LogP contribution in [0.2, 0.25) is 0 Å². The van der Waals surface area contributed by atoms with E-state index in [9.17, 15) is 29.4 Å². The summed E-state index contributed by atoms with van der Waals surface area (Å²) >= 11 is 0. The molecule has 0 aliphatic heterocycles. The maximum atomic E-state index is 13.2. The van der Waals surface area contributed by atoms with E-state index in [-0.39, 0.29) is 25.4 Å². The zero-order valence-corrected chi connectivity index (χ0v) is 23.4. The first kappa shape index (κ1) is 31.1. The van der Waals surface area contributed by atoms with E-state index in [2.05, 4.69) is 5.32 Å². The highest BCUT2D eigenvalue weighted by Gasteiger charge is 2.28. The lowest BCUT2D eigenvalue weighted by Crippen LogP contribution is -2.42. The topological polar surface area (TPSA) is 158 Å². The Morgan fingerprint density at radius 1 is 0.659 bits per heavy atom. The van der Waals surface area contributed by atoms with Crippen LogP contribution in [0, 0.1) is 0 Å². The number of carbonyl (C=O) groups is 4. The summed E-state index contributed by atoms with van der Waals surface area (Å²) in [6.45, 7) is -0.352. The second-order valence-electron chi connectivity index (χ2n) is 9.44. The predicted octanol–water partition coefficient (Wildman–Crippen LogP) is 5.39. The molecular formula is C33H29NO10. The first-order valence-electron chi connectivity index (χ1n) is 13.4. The van der Waals surface area contributed by atoms with Crippen molar-refractivity contribution < 1.29 is 48.3 Å². The number of aliphatic carboxylic acids is 1. The number of phenols is 1. The number of esters is 1. The molecule has 4 aromatic rings. The number of aromatic hydroxyl groups is 1. The molecule has 0 radical (unpaired) electrons. The molecule has 1 atom stereocenters. The van der Waals surface area contributed by atoms with Gasteiger partial charge in [0.1, 0.15) is 31.4 Å². The average molecular weight is 600 g/mol.